The molecule has 0 bridgehead atoms. The fourth-order valence-electron chi connectivity index (χ4n) is 2.27. The van der Waals surface area contributed by atoms with Gasteiger partial charge < -0.3 is 14.6 Å². The molecular formula is C16H18N2O4. The molecule has 2 aromatic rings. The molecule has 116 valence electrons. The Hall–Kier alpha value is -2.63. The number of rotatable bonds is 6. The van der Waals surface area contributed by atoms with Crippen molar-refractivity contribution in [2.24, 2.45) is 0 Å². The number of fused-ring (bicyclic) bond motifs is 1. The molecule has 2 rings (SSSR count). The number of esters is 1. The van der Waals surface area contributed by atoms with Crippen LogP contribution in [0.15, 0.2) is 30.5 Å². The van der Waals surface area contributed by atoms with Gasteiger partial charge in [-0.3, -0.25) is 14.4 Å². The average Bonchev–Trinajstić information content (AvgIpc) is 2.89. The first kappa shape index (κ1) is 15.8. The first-order valence-electron chi connectivity index (χ1n) is 6.95. The molecular weight excluding hydrogens is 284 g/mol. The summed E-state index contributed by atoms with van der Waals surface area (Å²) < 4.78 is 6.33. The maximum Gasteiger partial charge on any atom is 0.325 e. The van der Waals surface area contributed by atoms with Gasteiger partial charge in [0.25, 0.3) is 0 Å². The number of methoxy groups -OCH3 is 1. The summed E-state index contributed by atoms with van der Waals surface area (Å²) in [7, 11) is 1.27. The smallest absolute Gasteiger partial charge is 0.325 e. The third-order valence-corrected chi connectivity index (χ3v) is 3.41. The molecule has 0 aliphatic carbocycles. The molecule has 1 aromatic heterocycles. The minimum atomic E-state index is -0.487. The predicted molar refractivity (Wildman–Crippen MR) is 81.6 cm³/mol. The zero-order chi connectivity index (χ0) is 16.1. The van der Waals surface area contributed by atoms with E-state index in [1.165, 1.54) is 14.0 Å². The first-order valence-corrected chi connectivity index (χ1v) is 6.95. The molecule has 22 heavy (non-hydrogen) atoms. The van der Waals surface area contributed by atoms with E-state index in [2.05, 4.69) is 10.1 Å². The largest absolute Gasteiger partial charge is 0.468 e. The summed E-state index contributed by atoms with van der Waals surface area (Å²) in [5.41, 5.74) is 1.55. The van der Waals surface area contributed by atoms with Gasteiger partial charge in [-0.2, -0.15) is 0 Å². The van der Waals surface area contributed by atoms with Crippen LogP contribution >= 0.6 is 0 Å². The summed E-state index contributed by atoms with van der Waals surface area (Å²) in [6.45, 7) is 1.82. The van der Waals surface area contributed by atoms with E-state index in [9.17, 15) is 14.4 Å². The highest BCUT2D eigenvalue weighted by Gasteiger charge is 2.12. The Morgan fingerprint density at radius 2 is 1.95 bits per heavy atom. The van der Waals surface area contributed by atoms with Gasteiger partial charge in [-0.05, 0) is 13.0 Å². The van der Waals surface area contributed by atoms with Crippen molar-refractivity contribution >= 4 is 28.6 Å². The molecule has 0 saturated carbocycles. The summed E-state index contributed by atoms with van der Waals surface area (Å²) in [5, 5.41) is 3.37. The highest BCUT2D eigenvalue weighted by atomic mass is 16.5. The molecule has 0 atom stereocenters. The Kier molecular flexibility index (Phi) is 4.93. The summed E-state index contributed by atoms with van der Waals surface area (Å²) in [5.74, 6) is -0.740. The van der Waals surface area contributed by atoms with Crippen molar-refractivity contribution in [2.75, 3.05) is 13.7 Å². The second-order valence-electron chi connectivity index (χ2n) is 4.91. The Balaban J connectivity index is 2.07. The lowest BCUT2D eigenvalue weighted by Crippen LogP contribution is -2.30. The number of Topliss-reactive ketones (excluding diaryl/α,β-unsaturated/α-hetero) is 1. The van der Waals surface area contributed by atoms with Gasteiger partial charge in [0.05, 0.1) is 7.11 Å². The van der Waals surface area contributed by atoms with Gasteiger partial charge in [-0.15, -0.1) is 0 Å². The molecule has 1 amide bonds. The Morgan fingerprint density at radius 3 is 2.64 bits per heavy atom. The Bertz CT molecular complexity index is 718. The number of nitrogens with one attached hydrogen (secondary N) is 1. The molecule has 1 N–H and O–H groups in total. The van der Waals surface area contributed by atoms with Gasteiger partial charge in [0, 0.05) is 35.6 Å². The molecule has 0 spiro atoms. The number of carbonyl (C=O) groups is 3. The summed E-state index contributed by atoms with van der Waals surface area (Å²) in [6.07, 6.45) is 1.98. The van der Waals surface area contributed by atoms with Gasteiger partial charge in [0.1, 0.15) is 6.54 Å². The first-order chi connectivity index (χ1) is 10.5. The van der Waals surface area contributed by atoms with Crippen LogP contribution in [0.1, 0.15) is 23.7 Å². The number of para-hydroxylation sites is 1. The normalized spacial score (nSPS) is 10.5. The molecule has 1 heterocycles. The van der Waals surface area contributed by atoms with Crippen molar-refractivity contribution in [1.82, 2.24) is 9.88 Å². The zero-order valence-corrected chi connectivity index (χ0v) is 12.6. The van der Waals surface area contributed by atoms with Crippen molar-refractivity contribution in [2.45, 2.75) is 19.9 Å². The molecule has 6 nitrogen and oxygen atoms in total. The molecule has 0 aliphatic heterocycles. The predicted octanol–water partition coefficient (Wildman–Crippen LogP) is 1.52. The van der Waals surface area contributed by atoms with Crippen LogP contribution in [0.2, 0.25) is 0 Å². The van der Waals surface area contributed by atoms with Gasteiger partial charge in [0.2, 0.25) is 5.91 Å². The Labute approximate surface area is 128 Å². The van der Waals surface area contributed by atoms with E-state index in [1.54, 1.807) is 6.20 Å². The van der Waals surface area contributed by atoms with E-state index in [0.717, 1.165) is 10.9 Å². The highest BCUT2D eigenvalue weighted by molar-refractivity contribution is 6.07. The second kappa shape index (κ2) is 6.89. The molecule has 1 aromatic carbocycles. The molecule has 0 fully saturated rings. The van der Waals surface area contributed by atoms with Crippen LogP contribution in [0.4, 0.5) is 0 Å². The van der Waals surface area contributed by atoms with Gasteiger partial charge >= 0.3 is 5.97 Å². The van der Waals surface area contributed by atoms with Gasteiger partial charge in [-0.25, -0.2) is 0 Å². The number of ketones is 1. The van der Waals surface area contributed by atoms with Crippen LogP contribution in [0.25, 0.3) is 10.9 Å². The third kappa shape index (κ3) is 3.52. The molecule has 0 saturated heterocycles. The standard InChI is InChI=1S/C16H18N2O4/c1-11(19)13-10-18(14-6-4-3-5-12(13)14)8-7-15(20)17-9-16(21)22-2/h3-6,10H,7-9H2,1-2H3,(H,17,20). The van der Waals surface area contributed by atoms with E-state index in [1.807, 2.05) is 28.8 Å². The lowest BCUT2D eigenvalue weighted by atomic mass is 10.1. The fourth-order valence-corrected chi connectivity index (χ4v) is 2.27. The number of hydrogen-bond donors (Lipinski definition) is 1. The number of hydrogen-bond acceptors (Lipinski definition) is 4. The molecule has 6 heteroatoms. The van der Waals surface area contributed by atoms with E-state index in [0.29, 0.717) is 12.1 Å². The number of aromatic nitrogens is 1. The number of benzene rings is 1. The van der Waals surface area contributed by atoms with E-state index >= 15 is 0 Å². The minimum Gasteiger partial charge on any atom is -0.468 e. The topological polar surface area (TPSA) is 77.4 Å². The minimum absolute atomic E-state index is 0.00917. The number of carbonyl (C=O) groups excluding carboxylic acids is 3. The quantitative estimate of drug-likeness (QED) is 0.648. The number of aryl methyl sites for hydroxylation is 1. The van der Waals surface area contributed by atoms with Gasteiger partial charge in [0.15, 0.2) is 5.78 Å². The van der Waals surface area contributed by atoms with Crippen molar-refractivity contribution in [3.8, 4) is 0 Å². The number of nitrogens with zero attached hydrogens (tertiary/aromatic N) is 1. The van der Waals surface area contributed by atoms with Crippen molar-refractivity contribution < 1.29 is 19.1 Å². The lowest BCUT2D eigenvalue weighted by molar-refractivity contribution is -0.141. The Morgan fingerprint density at radius 1 is 1.23 bits per heavy atom. The lowest BCUT2D eigenvalue weighted by Gasteiger charge is -2.06. The maximum absolute atomic E-state index is 11.7. The number of amides is 1. The monoisotopic (exact) mass is 302 g/mol. The number of ether oxygens (including phenoxy) is 1. The van der Waals surface area contributed by atoms with E-state index in [-0.39, 0.29) is 24.7 Å². The van der Waals surface area contributed by atoms with E-state index < -0.39 is 5.97 Å². The summed E-state index contributed by atoms with van der Waals surface area (Å²) in [4.78, 5) is 34.4. The van der Waals surface area contributed by atoms with Crippen molar-refractivity contribution in [3.63, 3.8) is 0 Å². The zero-order valence-electron chi connectivity index (χ0n) is 12.6. The molecule has 0 unspecified atom stereocenters. The third-order valence-electron chi connectivity index (χ3n) is 3.41. The van der Waals surface area contributed by atoms with Crippen molar-refractivity contribution in [1.29, 1.82) is 0 Å². The molecule has 0 aliphatic rings. The van der Waals surface area contributed by atoms with Gasteiger partial charge in [-0.1, -0.05) is 18.2 Å². The highest BCUT2D eigenvalue weighted by Crippen LogP contribution is 2.21. The van der Waals surface area contributed by atoms with Crippen LogP contribution < -0.4 is 5.32 Å². The summed E-state index contributed by atoms with van der Waals surface area (Å²) >= 11 is 0. The fraction of sp³-hybridized carbons (Fsp3) is 0.312. The van der Waals surface area contributed by atoms with Crippen molar-refractivity contribution in [3.05, 3.63) is 36.0 Å². The van der Waals surface area contributed by atoms with E-state index in [4.69, 9.17) is 0 Å². The van der Waals surface area contributed by atoms with Crippen LogP contribution in [-0.4, -0.2) is 35.9 Å². The van der Waals surface area contributed by atoms with Crippen LogP contribution in [0.3, 0.4) is 0 Å². The average molecular weight is 302 g/mol. The summed E-state index contributed by atoms with van der Waals surface area (Å²) in [6, 6.07) is 7.57. The van der Waals surface area contributed by atoms with Crippen LogP contribution in [0.5, 0.6) is 0 Å². The maximum atomic E-state index is 11.7. The van der Waals surface area contributed by atoms with Crippen LogP contribution in [0, 0.1) is 0 Å². The van der Waals surface area contributed by atoms with Crippen LogP contribution in [-0.2, 0) is 20.9 Å². The second-order valence-corrected chi connectivity index (χ2v) is 4.91. The molecule has 0 radical (unpaired) electrons. The SMILES string of the molecule is COC(=O)CNC(=O)CCn1cc(C(C)=O)c2ccccc21.